The smallest absolute Gasteiger partial charge is 0.254 e. The van der Waals surface area contributed by atoms with Crippen LogP contribution in [0.3, 0.4) is 0 Å². The summed E-state index contributed by atoms with van der Waals surface area (Å²) in [5.41, 5.74) is 1.89. The maximum absolute atomic E-state index is 13.3. The zero-order valence-corrected chi connectivity index (χ0v) is 17.1. The molecule has 2 amide bonds. The summed E-state index contributed by atoms with van der Waals surface area (Å²) >= 11 is 0. The van der Waals surface area contributed by atoms with E-state index in [1.54, 1.807) is 6.07 Å². The SMILES string of the molecule is CN1CCN(C(=O)c2cccc(NC(=O)C(C)(C)C)c2)C(c2ccccc2)C1. The van der Waals surface area contributed by atoms with Gasteiger partial charge in [-0.1, -0.05) is 57.2 Å². The molecule has 0 spiro atoms. The molecule has 148 valence electrons. The largest absolute Gasteiger partial charge is 0.329 e. The minimum atomic E-state index is -0.490. The number of benzene rings is 2. The number of piperazine rings is 1. The number of hydrogen-bond acceptors (Lipinski definition) is 3. The molecule has 1 heterocycles. The van der Waals surface area contributed by atoms with Gasteiger partial charge in [-0.25, -0.2) is 0 Å². The highest BCUT2D eigenvalue weighted by Crippen LogP contribution is 2.27. The Balaban J connectivity index is 1.84. The average molecular weight is 380 g/mol. The molecular weight excluding hydrogens is 350 g/mol. The third-order valence-corrected chi connectivity index (χ3v) is 5.08. The predicted molar refractivity (Wildman–Crippen MR) is 112 cm³/mol. The Morgan fingerprint density at radius 3 is 2.39 bits per heavy atom. The fourth-order valence-corrected chi connectivity index (χ4v) is 3.34. The van der Waals surface area contributed by atoms with Crippen LogP contribution in [0.25, 0.3) is 0 Å². The van der Waals surface area contributed by atoms with Gasteiger partial charge in [-0.3, -0.25) is 9.59 Å². The monoisotopic (exact) mass is 379 g/mol. The minimum absolute atomic E-state index is 0.00573. The number of likely N-dealkylation sites (N-methyl/N-ethyl adjacent to an activating group) is 1. The van der Waals surface area contributed by atoms with Crippen molar-refractivity contribution >= 4 is 17.5 Å². The van der Waals surface area contributed by atoms with Crippen molar-refractivity contribution in [1.82, 2.24) is 9.80 Å². The first-order valence-corrected chi connectivity index (χ1v) is 9.71. The Hall–Kier alpha value is -2.66. The second kappa shape index (κ2) is 8.15. The Morgan fingerprint density at radius 2 is 1.71 bits per heavy atom. The summed E-state index contributed by atoms with van der Waals surface area (Å²) < 4.78 is 0. The van der Waals surface area contributed by atoms with E-state index < -0.39 is 5.41 Å². The predicted octanol–water partition coefficient (Wildman–Crippen LogP) is 3.80. The molecule has 0 bridgehead atoms. The molecule has 1 aliphatic heterocycles. The van der Waals surface area contributed by atoms with E-state index in [0.29, 0.717) is 17.8 Å². The van der Waals surface area contributed by atoms with E-state index >= 15 is 0 Å². The number of amides is 2. The normalized spacial score (nSPS) is 18.0. The standard InChI is InChI=1S/C23H29N3O2/c1-23(2,3)22(28)24-19-12-8-11-18(15-19)21(27)26-14-13-25(4)16-20(26)17-9-6-5-7-10-17/h5-12,15,20H,13-14,16H2,1-4H3,(H,24,28). The molecule has 1 saturated heterocycles. The van der Waals surface area contributed by atoms with Gasteiger partial charge in [-0.15, -0.1) is 0 Å². The zero-order chi connectivity index (χ0) is 20.3. The van der Waals surface area contributed by atoms with Crippen LogP contribution in [0.5, 0.6) is 0 Å². The summed E-state index contributed by atoms with van der Waals surface area (Å²) in [5.74, 6) is -0.0762. The Kier molecular flexibility index (Phi) is 5.84. The Bertz CT molecular complexity index is 842. The highest BCUT2D eigenvalue weighted by Gasteiger charge is 2.31. The molecule has 5 heteroatoms. The van der Waals surface area contributed by atoms with E-state index in [0.717, 1.165) is 18.7 Å². The van der Waals surface area contributed by atoms with Gasteiger partial charge in [-0.05, 0) is 30.8 Å². The second-order valence-electron chi connectivity index (χ2n) is 8.47. The van der Waals surface area contributed by atoms with Crippen LogP contribution in [-0.2, 0) is 4.79 Å². The molecule has 3 rings (SSSR count). The summed E-state index contributed by atoms with van der Waals surface area (Å²) in [6.45, 7) is 7.92. The van der Waals surface area contributed by atoms with Crippen molar-refractivity contribution in [2.45, 2.75) is 26.8 Å². The van der Waals surface area contributed by atoms with E-state index in [1.807, 2.05) is 62.1 Å². The van der Waals surface area contributed by atoms with Crippen LogP contribution in [0.15, 0.2) is 54.6 Å². The maximum Gasteiger partial charge on any atom is 0.254 e. The molecule has 0 radical (unpaired) electrons. The Morgan fingerprint density at radius 1 is 1.00 bits per heavy atom. The van der Waals surface area contributed by atoms with Gasteiger partial charge in [0, 0.05) is 36.3 Å². The average Bonchev–Trinajstić information content (AvgIpc) is 2.67. The van der Waals surface area contributed by atoms with E-state index in [4.69, 9.17) is 0 Å². The molecule has 5 nitrogen and oxygen atoms in total. The first kappa shape index (κ1) is 20.1. The first-order valence-electron chi connectivity index (χ1n) is 9.71. The van der Waals surface area contributed by atoms with Gasteiger partial charge in [0.05, 0.1) is 6.04 Å². The zero-order valence-electron chi connectivity index (χ0n) is 17.1. The van der Waals surface area contributed by atoms with Crippen molar-refractivity contribution in [3.05, 3.63) is 65.7 Å². The third kappa shape index (κ3) is 4.60. The molecular formula is C23H29N3O2. The van der Waals surface area contributed by atoms with Crippen molar-refractivity contribution in [2.24, 2.45) is 5.41 Å². The number of carbonyl (C=O) groups is 2. The highest BCUT2D eigenvalue weighted by molar-refractivity contribution is 5.98. The van der Waals surface area contributed by atoms with Crippen molar-refractivity contribution in [3.63, 3.8) is 0 Å². The van der Waals surface area contributed by atoms with Crippen LogP contribution in [0.2, 0.25) is 0 Å². The van der Waals surface area contributed by atoms with E-state index in [-0.39, 0.29) is 17.9 Å². The molecule has 2 aromatic rings. The second-order valence-corrected chi connectivity index (χ2v) is 8.47. The van der Waals surface area contributed by atoms with Gasteiger partial charge in [0.25, 0.3) is 5.91 Å². The number of carbonyl (C=O) groups excluding carboxylic acids is 2. The lowest BCUT2D eigenvalue weighted by molar-refractivity contribution is -0.123. The van der Waals surface area contributed by atoms with Crippen LogP contribution < -0.4 is 5.32 Å². The molecule has 28 heavy (non-hydrogen) atoms. The summed E-state index contributed by atoms with van der Waals surface area (Å²) in [6.07, 6.45) is 0. The molecule has 1 aliphatic rings. The number of hydrogen-bond donors (Lipinski definition) is 1. The maximum atomic E-state index is 13.3. The molecule has 0 saturated carbocycles. The fraction of sp³-hybridized carbons (Fsp3) is 0.391. The lowest BCUT2D eigenvalue weighted by atomic mass is 9.95. The number of nitrogens with zero attached hydrogens (tertiary/aromatic N) is 2. The molecule has 1 unspecified atom stereocenters. The van der Waals surface area contributed by atoms with Crippen LogP contribution in [-0.4, -0.2) is 48.3 Å². The lowest BCUT2D eigenvalue weighted by Gasteiger charge is -2.40. The van der Waals surface area contributed by atoms with Crippen molar-refractivity contribution < 1.29 is 9.59 Å². The van der Waals surface area contributed by atoms with Crippen LogP contribution in [0, 0.1) is 5.41 Å². The van der Waals surface area contributed by atoms with Gasteiger partial charge in [0.2, 0.25) is 5.91 Å². The summed E-state index contributed by atoms with van der Waals surface area (Å²) in [4.78, 5) is 29.8. The van der Waals surface area contributed by atoms with Gasteiger partial charge in [0.1, 0.15) is 0 Å². The Labute approximate surface area is 167 Å². The molecule has 2 aromatic carbocycles. The third-order valence-electron chi connectivity index (χ3n) is 5.08. The summed E-state index contributed by atoms with van der Waals surface area (Å²) in [5, 5.41) is 2.91. The van der Waals surface area contributed by atoms with Crippen LogP contribution in [0.4, 0.5) is 5.69 Å². The van der Waals surface area contributed by atoms with Gasteiger partial charge in [-0.2, -0.15) is 0 Å². The molecule has 1 atom stereocenters. The molecule has 0 aromatic heterocycles. The molecule has 0 aliphatic carbocycles. The molecule has 1 N–H and O–H groups in total. The fourth-order valence-electron chi connectivity index (χ4n) is 3.34. The number of rotatable bonds is 3. The number of nitrogens with one attached hydrogen (secondary N) is 1. The van der Waals surface area contributed by atoms with Crippen molar-refractivity contribution in [2.75, 3.05) is 32.0 Å². The van der Waals surface area contributed by atoms with Gasteiger partial charge in [0.15, 0.2) is 0 Å². The van der Waals surface area contributed by atoms with E-state index in [1.165, 1.54) is 0 Å². The minimum Gasteiger partial charge on any atom is -0.329 e. The van der Waals surface area contributed by atoms with Crippen LogP contribution >= 0.6 is 0 Å². The van der Waals surface area contributed by atoms with Crippen molar-refractivity contribution in [1.29, 1.82) is 0 Å². The summed E-state index contributed by atoms with van der Waals surface area (Å²) in [6, 6.07) is 17.4. The first-order chi connectivity index (χ1) is 13.3. The van der Waals surface area contributed by atoms with Gasteiger partial charge < -0.3 is 15.1 Å². The van der Waals surface area contributed by atoms with Crippen LogP contribution in [0.1, 0.15) is 42.7 Å². The van der Waals surface area contributed by atoms with Gasteiger partial charge >= 0.3 is 0 Å². The lowest BCUT2D eigenvalue weighted by Crippen LogP contribution is -2.49. The summed E-state index contributed by atoms with van der Waals surface area (Å²) in [7, 11) is 2.08. The number of anilines is 1. The van der Waals surface area contributed by atoms with E-state index in [2.05, 4.69) is 29.4 Å². The quantitative estimate of drug-likeness (QED) is 0.883. The molecule has 1 fully saturated rings. The van der Waals surface area contributed by atoms with Crippen molar-refractivity contribution in [3.8, 4) is 0 Å². The highest BCUT2D eigenvalue weighted by atomic mass is 16.2. The van der Waals surface area contributed by atoms with E-state index in [9.17, 15) is 9.59 Å². The topological polar surface area (TPSA) is 52.6 Å².